The van der Waals surface area contributed by atoms with Crippen LogP contribution in [0.3, 0.4) is 0 Å². The number of aromatic nitrogens is 2. The van der Waals surface area contributed by atoms with Gasteiger partial charge < -0.3 is 4.74 Å². The van der Waals surface area contributed by atoms with E-state index in [-0.39, 0.29) is 0 Å². The summed E-state index contributed by atoms with van der Waals surface area (Å²) in [6, 6.07) is 11.3. The Labute approximate surface area is 117 Å². The second kappa shape index (κ2) is 6.30. The van der Waals surface area contributed by atoms with Crippen LogP contribution >= 0.6 is 11.8 Å². The predicted octanol–water partition coefficient (Wildman–Crippen LogP) is 2.77. The molecule has 2 aromatic rings. The highest BCUT2D eigenvalue weighted by Crippen LogP contribution is 2.18. The average Bonchev–Trinajstić information content (AvgIpc) is 2.74. The molecular weight excluding hydrogens is 258 g/mol. The molecule has 2 rings (SSSR count). The van der Waals surface area contributed by atoms with E-state index in [4.69, 9.17) is 10.00 Å². The van der Waals surface area contributed by atoms with Crippen LogP contribution in [0.1, 0.15) is 11.3 Å². The molecule has 0 unspecified atom stereocenters. The SMILES string of the molecule is Cc1cc(SCCOc2ccc(C#N)cc2)n(C)n1. The Bertz CT molecular complexity index is 584. The van der Waals surface area contributed by atoms with E-state index in [2.05, 4.69) is 17.2 Å². The second-order valence-corrected chi connectivity index (χ2v) is 5.20. The summed E-state index contributed by atoms with van der Waals surface area (Å²) < 4.78 is 7.49. The minimum Gasteiger partial charge on any atom is -0.493 e. The summed E-state index contributed by atoms with van der Waals surface area (Å²) in [5.41, 5.74) is 1.67. The molecule has 98 valence electrons. The summed E-state index contributed by atoms with van der Waals surface area (Å²) in [6.07, 6.45) is 0. The molecule has 5 heteroatoms. The highest BCUT2D eigenvalue weighted by molar-refractivity contribution is 7.99. The zero-order chi connectivity index (χ0) is 13.7. The van der Waals surface area contributed by atoms with Crippen molar-refractivity contribution in [3.8, 4) is 11.8 Å². The van der Waals surface area contributed by atoms with Crippen molar-refractivity contribution in [2.24, 2.45) is 7.05 Å². The summed E-state index contributed by atoms with van der Waals surface area (Å²) >= 11 is 1.72. The normalized spacial score (nSPS) is 10.2. The van der Waals surface area contributed by atoms with Crippen molar-refractivity contribution in [3.63, 3.8) is 0 Å². The Morgan fingerprint density at radius 3 is 2.68 bits per heavy atom. The molecule has 1 heterocycles. The van der Waals surface area contributed by atoms with Crippen molar-refractivity contribution in [2.75, 3.05) is 12.4 Å². The van der Waals surface area contributed by atoms with E-state index in [9.17, 15) is 0 Å². The molecule has 0 radical (unpaired) electrons. The van der Waals surface area contributed by atoms with Gasteiger partial charge in [0.05, 0.1) is 29.0 Å². The van der Waals surface area contributed by atoms with Gasteiger partial charge in [-0.15, -0.1) is 11.8 Å². The van der Waals surface area contributed by atoms with Crippen LogP contribution in [0.2, 0.25) is 0 Å². The smallest absolute Gasteiger partial charge is 0.119 e. The molecule has 19 heavy (non-hydrogen) atoms. The molecule has 0 saturated heterocycles. The van der Waals surface area contributed by atoms with Gasteiger partial charge in [-0.3, -0.25) is 4.68 Å². The summed E-state index contributed by atoms with van der Waals surface area (Å²) in [5, 5.41) is 14.1. The zero-order valence-electron chi connectivity index (χ0n) is 11.0. The lowest BCUT2D eigenvalue weighted by Gasteiger charge is -2.06. The number of nitrogens with zero attached hydrogens (tertiary/aromatic N) is 3. The second-order valence-electron chi connectivity index (χ2n) is 4.08. The van der Waals surface area contributed by atoms with E-state index in [0.29, 0.717) is 12.2 Å². The standard InChI is InChI=1S/C14H15N3OS/c1-11-9-14(17(2)16-11)19-8-7-18-13-5-3-12(10-15)4-6-13/h3-6,9H,7-8H2,1-2H3. The van der Waals surface area contributed by atoms with Crippen LogP contribution in [0, 0.1) is 18.3 Å². The number of aryl methyl sites for hydroxylation is 2. The molecule has 0 spiro atoms. The van der Waals surface area contributed by atoms with Gasteiger partial charge in [0, 0.05) is 12.8 Å². The Morgan fingerprint density at radius 1 is 1.37 bits per heavy atom. The van der Waals surface area contributed by atoms with Gasteiger partial charge >= 0.3 is 0 Å². The van der Waals surface area contributed by atoms with E-state index in [1.165, 1.54) is 0 Å². The van der Waals surface area contributed by atoms with Crippen LogP contribution < -0.4 is 4.74 Å². The third-order valence-corrected chi connectivity index (χ3v) is 3.59. The predicted molar refractivity (Wildman–Crippen MR) is 75.3 cm³/mol. The molecule has 0 atom stereocenters. The van der Waals surface area contributed by atoms with Gasteiger partial charge in [0.15, 0.2) is 0 Å². The summed E-state index contributed by atoms with van der Waals surface area (Å²) in [7, 11) is 1.94. The number of hydrogen-bond donors (Lipinski definition) is 0. The van der Waals surface area contributed by atoms with Crippen molar-refractivity contribution in [1.29, 1.82) is 5.26 Å². The van der Waals surface area contributed by atoms with Crippen LogP contribution in [-0.4, -0.2) is 22.1 Å². The van der Waals surface area contributed by atoms with Gasteiger partial charge in [0.2, 0.25) is 0 Å². The number of rotatable bonds is 5. The van der Waals surface area contributed by atoms with E-state index in [1.807, 2.05) is 30.8 Å². The zero-order valence-corrected chi connectivity index (χ0v) is 11.8. The van der Waals surface area contributed by atoms with Crippen LogP contribution in [0.25, 0.3) is 0 Å². The first-order valence-electron chi connectivity index (χ1n) is 5.95. The molecule has 0 amide bonds. The molecule has 1 aromatic carbocycles. The maximum atomic E-state index is 8.69. The molecule has 0 aliphatic carbocycles. The Balaban J connectivity index is 1.77. The van der Waals surface area contributed by atoms with Crippen LogP contribution in [0.4, 0.5) is 0 Å². The number of benzene rings is 1. The number of hydrogen-bond acceptors (Lipinski definition) is 4. The van der Waals surface area contributed by atoms with E-state index < -0.39 is 0 Å². The largest absolute Gasteiger partial charge is 0.493 e. The third kappa shape index (κ3) is 3.76. The summed E-state index contributed by atoms with van der Waals surface area (Å²) in [5.74, 6) is 1.65. The first-order chi connectivity index (χ1) is 9.19. The molecule has 4 nitrogen and oxygen atoms in total. The van der Waals surface area contributed by atoms with Crippen molar-refractivity contribution >= 4 is 11.8 Å². The van der Waals surface area contributed by atoms with E-state index in [1.54, 1.807) is 23.9 Å². The van der Waals surface area contributed by atoms with Gasteiger partial charge in [0.1, 0.15) is 5.75 Å². The number of thioether (sulfide) groups is 1. The van der Waals surface area contributed by atoms with E-state index >= 15 is 0 Å². The highest BCUT2D eigenvalue weighted by Gasteiger charge is 2.02. The topological polar surface area (TPSA) is 50.8 Å². The van der Waals surface area contributed by atoms with Gasteiger partial charge in [-0.1, -0.05) is 0 Å². The van der Waals surface area contributed by atoms with Crippen molar-refractivity contribution in [2.45, 2.75) is 11.9 Å². The minimum absolute atomic E-state index is 0.626. The van der Waals surface area contributed by atoms with Crippen molar-refractivity contribution < 1.29 is 4.74 Å². The van der Waals surface area contributed by atoms with Gasteiger partial charge in [0.25, 0.3) is 0 Å². The molecule has 0 N–H and O–H groups in total. The van der Waals surface area contributed by atoms with Crippen LogP contribution in [-0.2, 0) is 7.05 Å². The fraction of sp³-hybridized carbons (Fsp3) is 0.286. The maximum Gasteiger partial charge on any atom is 0.119 e. The fourth-order valence-corrected chi connectivity index (χ4v) is 2.51. The minimum atomic E-state index is 0.626. The Kier molecular flexibility index (Phi) is 4.48. The molecule has 1 aromatic heterocycles. The molecule has 0 saturated carbocycles. The number of ether oxygens (including phenoxy) is 1. The van der Waals surface area contributed by atoms with Gasteiger partial charge in [-0.2, -0.15) is 10.4 Å². The summed E-state index contributed by atoms with van der Waals surface area (Å²) in [6.45, 7) is 2.61. The van der Waals surface area contributed by atoms with Gasteiger partial charge in [-0.05, 0) is 37.3 Å². The quantitative estimate of drug-likeness (QED) is 0.621. The average molecular weight is 273 g/mol. The molecule has 0 aliphatic heterocycles. The Morgan fingerprint density at radius 2 is 2.11 bits per heavy atom. The monoisotopic (exact) mass is 273 g/mol. The molecule has 0 aliphatic rings. The lowest BCUT2D eigenvalue weighted by atomic mass is 10.2. The lowest BCUT2D eigenvalue weighted by molar-refractivity contribution is 0.344. The number of nitriles is 1. The molecule has 0 fully saturated rings. The summed E-state index contributed by atoms with van der Waals surface area (Å²) in [4.78, 5) is 0. The first-order valence-corrected chi connectivity index (χ1v) is 6.94. The van der Waals surface area contributed by atoms with Crippen molar-refractivity contribution in [3.05, 3.63) is 41.6 Å². The van der Waals surface area contributed by atoms with Crippen LogP contribution in [0.15, 0.2) is 35.4 Å². The maximum absolute atomic E-state index is 8.69. The first kappa shape index (κ1) is 13.5. The highest BCUT2D eigenvalue weighted by atomic mass is 32.2. The third-order valence-electron chi connectivity index (χ3n) is 2.54. The molecular formula is C14H15N3OS. The van der Waals surface area contributed by atoms with Gasteiger partial charge in [-0.25, -0.2) is 0 Å². The molecule has 0 bridgehead atoms. The van der Waals surface area contributed by atoms with E-state index in [0.717, 1.165) is 22.2 Å². The lowest BCUT2D eigenvalue weighted by Crippen LogP contribution is -2.01. The van der Waals surface area contributed by atoms with Crippen LogP contribution in [0.5, 0.6) is 5.75 Å². The van der Waals surface area contributed by atoms with Crippen molar-refractivity contribution in [1.82, 2.24) is 9.78 Å². The fourth-order valence-electron chi connectivity index (χ4n) is 1.65. The Hall–Kier alpha value is -1.93.